The Bertz CT molecular complexity index is 940. The number of hydrogen-bond donors (Lipinski definition) is 1. The van der Waals surface area contributed by atoms with E-state index in [1.807, 2.05) is 19.3 Å². The molecule has 2 aromatic heterocycles. The zero-order valence-electron chi connectivity index (χ0n) is 14.9. The standard InChI is InChI=1S/C19H24N4O2S/c1-3-13-4-5-16(10-13)26(24,25)11-14-8-15(9-14)23(2)19-17-6-7-20-18(17)21-12-22-19/h1,6-7,12-16H,4-5,8-11H2,2H3,(H,20,21,22). The van der Waals surface area contributed by atoms with Crippen molar-refractivity contribution in [2.75, 3.05) is 17.7 Å². The van der Waals surface area contributed by atoms with Gasteiger partial charge in [0, 0.05) is 25.2 Å². The molecule has 1 N–H and O–H groups in total. The molecule has 0 radical (unpaired) electrons. The number of aromatic nitrogens is 3. The predicted molar refractivity (Wildman–Crippen MR) is 103 cm³/mol. The highest BCUT2D eigenvalue weighted by Crippen LogP contribution is 2.38. The van der Waals surface area contributed by atoms with Crippen LogP contribution in [0.5, 0.6) is 0 Å². The predicted octanol–water partition coefficient (Wildman–Crippen LogP) is 2.39. The number of rotatable bonds is 5. The van der Waals surface area contributed by atoms with Crippen molar-refractivity contribution >= 4 is 26.7 Å². The van der Waals surface area contributed by atoms with Gasteiger partial charge in [0.15, 0.2) is 9.84 Å². The van der Waals surface area contributed by atoms with Crippen LogP contribution in [0.25, 0.3) is 11.0 Å². The van der Waals surface area contributed by atoms with Crippen LogP contribution >= 0.6 is 0 Å². The third-order valence-electron chi connectivity index (χ3n) is 6.02. The first-order valence-electron chi connectivity index (χ1n) is 9.16. The molecule has 2 saturated carbocycles. The number of H-pyrrole nitrogens is 1. The molecule has 2 aliphatic carbocycles. The van der Waals surface area contributed by atoms with Gasteiger partial charge in [0.25, 0.3) is 0 Å². The zero-order valence-corrected chi connectivity index (χ0v) is 15.7. The first-order chi connectivity index (χ1) is 12.5. The molecule has 0 spiro atoms. The number of terminal acetylenes is 1. The van der Waals surface area contributed by atoms with E-state index in [0.29, 0.717) is 18.2 Å². The summed E-state index contributed by atoms with van der Waals surface area (Å²) < 4.78 is 25.4. The van der Waals surface area contributed by atoms with Gasteiger partial charge in [-0.15, -0.1) is 12.3 Å². The Morgan fingerprint density at radius 2 is 2.12 bits per heavy atom. The number of anilines is 1. The van der Waals surface area contributed by atoms with Crippen LogP contribution in [-0.4, -0.2) is 47.5 Å². The fourth-order valence-electron chi connectivity index (χ4n) is 4.35. The van der Waals surface area contributed by atoms with Gasteiger partial charge >= 0.3 is 0 Å². The molecular weight excluding hydrogens is 348 g/mol. The van der Waals surface area contributed by atoms with E-state index in [-0.39, 0.29) is 17.1 Å². The second-order valence-corrected chi connectivity index (χ2v) is 9.99. The molecule has 138 valence electrons. The highest BCUT2D eigenvalue weighted by molar-refractivity contribution is 7.92. The Hall–Kier alpha value is -2.07. The second-order valence-electron chi connectivity index (χ2n) is 7.67. The summed E-state index contributed by atoms with van der Waals surface area (Å²) in [6.45, 7) is 0. The summed E-state index contributed by atoms with van der Waals surface area (Å²) in [5, 5.41) is 0.763. The highest BCUT2D eigenvalue weighted by Gasteiger charge is 2.40. The number of nitrogens with zero attached hydrogens (tertiary/aromatic N) is 3. The summed E-state index contributed by atoms with van der Waals surface area (Å²) >= 11 is 0. The maximum Gasteiger partial charge on any atom is 0.153 e. The SMILES string of the molecule is C#CC1CCC(S(=O)(=O)CC2CC(N(C)c3ncnc4[nH]ccc34)C2)C1. The normalized spacial score (nSPS) is 28.6. The summed E-state index contributed by atoms with van der Waals surface area (Å²) in [6, 6.07) is 2.30. The molecule has 2 atom stereocenters. The molecule has 2 aromatic rings. The number of nitrogens with one attached hydrogen (secondary N) is 1. The quantitative estimate of drug-likeness (QED) is 0.816. The van der Waals surface area contributed by atoms with Crippen molar-refractivity contribution in [1.29, 1.82) is 0 Å². The number of hydrogen-bond acceptors (Lipinski definition) is 5. The fraction of sp³-hybridized carbons (Fsp3) is 0.579. The molecule has 0 aliphatic heterocycles. The van der Waals surface area contributed by atoms with Gasteiger partial charge < -0.3 is 9.88 Å². The first-order valence-corrected chi connectivity index (χ1v) is 10.9. The lowest BCUT2D eigenvalue weighted by molar-refractivity contribution is 0.281. The Labute approximate surface area is 154 Å². The number of aromatic amines is 1. The van der Waals surface area contributed by atoms with Gasteiger partial charge in [0.1, 0.15) is 17.8 Å². The third-order valence-corrected chi connectivity index (χ3v) is 8.40. The largest absolute Gasteiger partial charge is 0.356 e. The van der Waals surface area contributed by atoms with Crippen LogP contribution in [-0.2, 0) is 9.84 Å². The van der Waals surface area contributed by atoms with Gasteiger partial charge in [-0.05, 0) is 44.1 Å². The topological polar surface area (TPSA) is 79.0 Å². The molecule has 2 unspecified atom stereocenters. The molecule has 2 aliphatic rings. The van der Waals surface area contributed by atoms with E-state index in [2.05, 4.69) is 25.8 Å². The molecule has 2 fully saturated rings. The Balaban J connectivity index is 1.37. The average Bonchev–Trinajstić information content (AvgIpc) is 3.25. The molecule has 7 heteroatoms. The Kier molecular flexibility index (Phi) is 4.39. The van der Waals surface area contributed by atoms with Crippen LogP contribution in [0.4, 0.5) is 5.82 Å². The van der Waals surface area contributed by atoms with Crippen LogP contribution < -0.4 is 4.90 Å². The lowest BCUT2D eigenvalue weighted by Crippen LogP contribution is -2.46. The minimum absolute atomic E-state index is 0.136. The maximum absolute atomic E-state index is 12.7. The third kappa shape index (κ3) is 3.07. The van der Waals surface area contributed by atoms with E-state index < -0.39 is 9.84 Å². The summed E-state index contributed by atoms with van der Waals surface area (Å²) in [5.74, 6) is 4.28. The Morgan fingerprint density at radius 1 is 1.31 bits per heavy atom. The summed E-state index contributed by atoms with van der Waals surface area (Å²) in [7, 11) is -1.02. The molecular formula is C19H24N4O2S. The van der Waals surface area contributed by atoms with E-state index in [1.54, 1.807) is 6.33 Å². The highest BCUT2D eigenvalue weighted by atomic mass is 32.2. The second kappa shape index (κ2) is 6.58. The lowest BCUT2D eigenvalue weighted by atomic mass is 9.81. The maximum atomic E-state index is 12.7. The molecule has 0 aromatic carbocycles. The molecule has 6 nitrogen and oxygen atoms in total. The van der Waals surface area contributed by atoms with Crippen LogP contribution in [0, 0.1) is 24.2 Å². The van der Waals surface area contributed by atoms with Crippen molar-refractivity contribution in [1.82, 2.24) is 15.0 Å². The molecule has 0 amide bonds. The lowest BCUT2D eigenvalue weighted by Gasteiger charge is -2.42. The van der Waals surface area contributed by atoms with Gasteiger partial charge in [-0.2, -0.15) is 0 Å². The first kappa shape index (κ1) is 17.3. The molecule has 0 saturated heterocycles. The van der Waals surface area contributed by atoms with Gasteiger partial charge in [-0.3, -0.25) is 0 Å². The fourth-order valence-corrected chi connectivity index (χ4v) is 6.57. The number of fused-ring (bicyclic) bond motifs is 1. The average molecular weight is 372 g/mol. The molecule has 4 rings (SSSR count). The van der Waals surface area contributed by atoms with E-state index in [9.17, 15) is 8.42 Å². The van der Waals surface area contributed by atoms with Crippen molar-refractivity contribution in [3.05, 3.63) is 18.6 Å². The summed E-state index contributed by atoms with van der Waals surface area (Å²) in [4.78, 5) is 13.9. The van der Waals surface area contributed by atoms with Gasteiger partial charge in [0.05, 0.1) is 16.4 Å². The van der Waals surface area contributed by atoms with Crippen molar-refractivity contribution in [3.63, 3.8) is 0 Å². The van der Waals surface area contributed by atoms with E-state index in [1.165, 1.54) is 0 Å². The monoisotopic (exact) mass is 372 g/mol. The molecule has 2 heterocycles. The van der Waals surface area contributed by atoms with Crippen molar-refractivity contribution < 1.29 is 8.42 Å². The van der Waals surface area contributed by atoms with E-state index in [0.717, 1.165) is 42.5 Å². The van der Waals surface area contributed by atoms with Gasteiger partial charge in [-0.1, -0.05) is 0 Å². The smallest absolute Gasteiger partial charge is 0.153 e. The molecule has 0 bridgehead atoms. The van der Waals surface area contributed by atoms with E-state index in [4.69, 9.17) is 6.42 Å². The van der Waals surface area contributed by atoms with Crippen LogP contribution in [0.3, 0.4) is 0 Å². The minimum Gasteiger partial charge on any atom is -0.356 e. The number of sulfone groups is 1. The zero-order chi connectivity index (χ0) is 18.3. The van der Waals surface area contributed by atoms with Crippen LogP contribution in [0.15, 0.2) is 18.6 Å². The van der Waals surface area contributed by atoms with Crippen molar-refractivity contribution in [2.24, 2.45) is 11.8 Å². The summed E-state index contributed by atoms with van der Waals surface area (Å²) in [6.07, 6.45) is 12.9. The van der Waals surface area contributed by atoms with Gasteiger partial charge in [0.2, 0.25) is 0 Å². The van der Waals surface area contributed by atoms with Crippen LogP contribution in [0.2, 0.25) is 0 Å². The van der Waals surface area contributed by atoms with Gasteiger partial charge in [-0.25, -0.2) is 18.4 Å². The molecule has 26 heavy (non-hydrogen) atoms. The summed E-state index contributed by atoms with van der Waals surface area (Å²) in [5.41, 5.74) is 0.824. The minimum atomic E-state index is -3.05. The van der Waals surface area contributed by atoms with Crippen molar-refractivity contribution in [3.8, 4) is 12.3 Å². The van der Waals surface area contributed by atoms with Crippen LogP contribution in [0.1, 0.15) is 32.1 Å². The Morgan fingerprint density at radius 3 is 2.85 bits per heavy atom. The van der Waals surface area contributed by atoms with E-state index >= 15 is 0 Å². The van der Waals surface area contributed by atoms with Crippen molar-refractivity contribution in [2.45, 2.75) is 43.4 Å².